The fourth-order valence-electron chi connectivity index (χ4n) is 3.25. The molecule has 10 heteroatoms. The van der Waals surface area contributed by atoms with Crippen molar-refractivity contribution in [2.75, 3.05) is 19.0 Å². The zero-order chi connectivity index (χ0) is 23.4. The fourth-order valence-corrected chi connectivity index (χ4v) is 5.35. The number of aromatic nitrogens is 3. The first-order valence-corrected chi connectivity index (χ1v) is 12.5. The Morgan fingerprint density at radius 2 is 1.73 bits per heavy atom. The van der Waals surface area contributed by atoms with Gasteiger partial charge in [-0.2, -0.15) is 0 Å². The van der Waals surface area contributed by atoms with Crippen molar-refractivity contribution in [1.82, 2.24) is 14.1 Å². The lowest BCUT2D eigenvalue weighted by molar-refractivity contribution is -0.139. The number of para-hydroxylation sites is 1. The summed E-state index contributed by atoms with van der Waals surface area (Å²) in [5, 5.41) is 0.388. The Morgan fingerprint density at radius 3 is 2.39 bits per heavy atom. The molecule has 0 amide bonds. The smallest absolute Gasteiger partial charge is 0.316 e. The number of thioether (sulfide) groups is 1. The second kappa shape index (κ2) is 10.3. The molecule has 0 radical (unpaired) electrons. The molecule has 0 unspecified atom stereocenters. The minimum Gasteiger partial charge on any atom is -0.494 e. The lowest BCUT2D eigenvalue weighted by atomic mass is 10.3. The highest BCUT2D eigenvalue weighted by atomic mass is 32.2. The molecule has 2 aromatic heterocycles. The average molecular weight is 500 g/mol. The lowest BCUT2D eigenvalue weighted by Crippen LogP contribution is -2.22. The van der Waals surface area contributed by atoms with Crippen molar-refractivity contribution >= 4 is 51.6 Å². The molecule has 0 bridgehead atoms. The van der Waals surface area contributed by atoms with E-state index in [1.54, 1.807) is 11.5 Å². The number of carbonyl (C=O) groups excluding carboxylic acids is 1. The Hall–Kier alpha value is -2.95. The van der Waals surface area contributed by atoms with Gasteiger partial charge in [0.05, 0.1) is 24.7 Å². The highest BCUT2D eigenvalue weighted by Gasteiger charge is 2.20. The molecule has 33 heavy (non-hydrogen) atoms. The molecule has 4 rings (SSSR count). The van der Waals surface area contributed by atoms with Gasteiger partial charge in [0.1, 0.15) is 10.4 Å². The van der Waals surface area contributed by atoms with Crippen LogP contribution < -0.4 is 10.3 Å². The molecule has 7 nitrogen and oxygen atoms in total. The van der Waals surface area contributed by atoms with Gasteiger partial charge >= 0.3 is 5.97 Å². The molecule has 0 saturated heterocycles. The first kappa shape index (κ1) is 23.2. The molecule has 0 atom stereocenters. The van der Waals surface area contributed by atoms with E-state index < -0.39 is 0 Å². The van der Waals surface area contributed by atoms with Gasteiger partial charge in [0.15, 0.2) is 14.8 Å². The number of nitrogens with zero attached hydrogens (tertiary/aromatic N) is 3. The van der Waals surface area contributed by atoms with Crippen LogP contribution in [0.1, 0.15) is 13.8 Å². The highest BCUT2D eigenvalue weighted by molar-refractivity contribution is 7.99. The van der Waals surface area contributed by atoms with Gasteiger partial charge in [0, 0.05) is 5.69 Å². The molecule has 2 heterocycles. The summed E-state index contributed by atoms with van der Waals surface area (Å²) in [5.74, 6) is 0.412. The molecule has 0 aliphatic rings. The summed E-state index contributed by atoms with van der Waals surface area (Å²) in [6, 6.07) is 16.7. The number of thiazole rings is 1. The third-order valence-corrected chi connectivity index (χ3v) is 6.88. The predicted molar refractivity (Wildman–Crippen MR) is 134 cm³/mol. The van der Waals surface area contributed by atoms with Gasteiger partial charge in [-0.3, -0.25) is 18.7 Å². The summed E-state index contributed by atoms with van der Waals surface area (Å²) in [6.45, 7) is 4.54. The maximum atomic E-state index is 13.6. The Morgan fingerprint density at radius 1 is 1.03 bits per heavy atom. The predicted octanol–water partition coefficient (Wildman–Crippen LogP) is 5.02. The number of rotatable bonds is 8. The first-order chi connectivity index (χ1) is 16.0. The zero-order valence-corrected chi connectivity index (χ0v) is 20.5. The molecule has 0 spiro atoms. The SMILES string of the molecule is CCOC(=O)CSc1nc2c(sc(=S)n2-c2ccc(OCC)cc2)c(=O)n1-c1ccccc1. The molecule has 4 aromatic rings. The second-order valence-corrected chi connectivity index (χ2v) is 9.33. The van der Waals surface area contributed by atoms with Crippen LogP contribution in [0.3, 0.4) is 0 Å². The van der Waals surface area contributed by atoms with Crippen molar-refractivity contribution < 1.29 is 14.3 Å². The first-order valence-electron chi connectivity index (χ1n) is 10.3. The molecular weight excluding hydrogens is 478 g/mol. The van der Waals surface area contributed by atoms with Gasteiger partial charge in [-0.1, -0.05) is 41.3 Å². The van der Waals surface area contributed by atoms with Crippen LogP contribution in [0, 0.1) is 3.95 Å². The number of esters is 1. The summed E-state index contributed by atoms with van der Waals surface area (Å²) < 4.78 is 14.8. The van der Waals surface area contributed by atoms with Crippen LogP contribution in [0.4, 0.5) is 0 Å². The summed E-state index contributed by atoms with van der Waals surface area (Å²) in [5.41, 5.74) is 1.66. The van der Waals surface area contributed by atoms with E-state index in [0.717, 1.165) is 23.2 Å². The molecule has 170 valence electrons. The molecule has 2 aromatic carbocycles. The molecule has 0 N–H and O–H groups in total. The van der Waals surface area contributed by atoms with Gasteiger partial charge in [0.2, 0.25) is 0 Å². The van der Waals surface area contributed by atoms with Gasteiger partial charge in [-0.15, -0.1) is 0 Å². The standard InChI is InChI=1S/C23H21N3O4S3/c1-3-29-17-12-10-16(11-13-17)25-20-19(33-23(25)31)21(28)26(15-8-6-5-7-9-15)22(24-20)32-14-18(27)30-4-2/h5-13H,3-4,14H2,1-2H3. The average Bonchev–Trinajstić information content (AvgIpc) is 3.15. The molecular formula is C23H21N3O4S3. The number of hydrogen-bond donors (Lipinski definition) is 0. The van der Waals surface area contributed by atoms with Crippen molar-refractivity contribution in [2.24, 2.45) is 0 Å². The van der Waals surface area contributed by atoms with Gasteiger partial charge in [-0.25, -0.2) is 4.98 Å². The van der Waals surface area contributed by atoms with Gasteiger partial charge < -0.3 is 9.47 Å². The number of benzene rings is 2. The number of fused-ring (bicyclic) bond motifs is 1. The Labute approximate surface area is 203 Å². The van der Waals surface area contributed by atoms with E-state index in [4.69, 9.17) is 26.7 Å². The fraction of sp³-hybridized carbons (Fsp3) is 0.217. The van der Waals surface area contributed by atoms with Crippen LogP contribution in [0.2, 0.25) is 0 Å². The van der Waals surface area contributed by atoms with Crippen LogP contribution in [-0.4, -0.2) is 39.1 Å². The van der Waals surface area contributed by atoms with Crippen LogP contribution in [0.15, 0.2) is 64.5 Å². The third kappa shape index (κ3) is 4.87. The van der Waals surface area contributed by atoms with E-state index in [9.17, 15) is 9.59 Å². The number of ether oxygens (including phenoxy) is 2. The summed E-state index contributed by atoms with van der Waals surface area (Å²) in [4.78, 5) is 30.4. The van der Waals surface area contributed by atoms with Crippen LogP contribution in [-0.2, 0) is 9.53 Å². The summed E-state index contributed by atoms with van der Waals surface area (Å²) in [7, 11) is 0. The minimum absolute atomic E-state index is 0.0343. The highest BCUT2D eigenvalue weighted by Crippen LogP contribution is 2.28. The third-order valence-electron chi connectivity index (χ3n) is 4.62. The maximum absolute atomic E-state index is 13.6. The van der Waals surface area contributed by atoms with Crippen molar-refractivity contribution in [3.05, 3.63) is 68.9 Å². The topological polar surface area (TPSA) is 75.3 Å². The summed E-state index contributed by atoms with van der Waals surface area (Å²) in [6.07, 6.45) is 0. The van der Waals surface area contributed by atoms with Crippen LogP contribution in [0.5, 0.6) is 5.75 Å². The van der Waals surface area contributed by atoms with Gasteiger partial charge in [-0.05, 0) is 62.5 Å². The van der Waals surface area contributed by atoms with E-state index in [2.05, 4.69) is 0 Å². The normalized spacial score (nSPS) is 11.0. The Bertz CT molecular complexity index is 1390. The molecule has 0 fully saturated rings. The largest absolute Gasteiger partial charge is 0.494 e. The molecule has 0 aliphatic carbocycles. The Balaban J connectivity index is 1.89. The van der Waals surface area contributed by atoms with E-state index in [0.29, 0.717) is 38.4 Å². The van der Waals surface area contributed by atoms with E-state index in [1.165, 1.54) is 15.9 Å². The maximum Gasteiger partial charge on any atom is 0.316 e. The van der Waals surface area contributed by atoms with Crippen LogP contribution >= 0.6 is 35.3 Å². The monoisotopic (exact) mass is 499 g/mol. The molecule has 0 aliphatic heterocycles. The van der Waals surface area contributed by atoms with Crippen molar-refractivity contribution in [3.63, 3.8) is 0 Å². The van der Waals surface area contributed by atoms with E-state index in [-0.39, 0.29) is 17.3 Å². The zero-order valence-electron chi connectivity index (χ0n) is 18.0. The van der Waals surface area contributed by atoms with Gasteiger partial charge in [0.25, 0.3) is 5.56 Å². The number of carbonyl (C=O) groups is 1. The van der Waals surface area contributed by atoms with E-state index in [1.807, 2.05) is 61.5 Å². The minimum atomic E-state index is -0.370. The van der Waals surface area contributed by atoms with Crippen molar-refractivity contribution in [3.8, 4) is 17.1 Å². The molecule has 0 saturated carbocycles. The lowest BCUT2D eigenvalue weighted by Gasteiger charge is -2.13. The van der Waals surface area contributed by atoms with Crippen molar-refractivity contribution in [1.29, 1.82) is 0 Å². The quantitative estimate of drug-likeness (QED) is 0.146. The van der Waals surface area contributed by atoms with Crippen LogP contribution in [0.25, 0.3) is 21.7 Å². The van der Waals surface area contributed by atoms with E-state index >= 15 is 0 Å². The Kier molecular flexibility index (Phi) is 7.26. The summed E-state index contributed by atoms with van der Waals surface area (Å²) >= 11 is 7.97. The van der Waals surface area contributed by atoms with Crippen molar-refractivity contribution in [2.45, 2.75) is 19.0 Å². The number of hydrogen-bond acceptors (Lipinski definition) is 8. The second-order valence-electron chi connectivity index (χ2n) is 6.75.